The molecule has 0 rings (SSSR count). The molecule has 0 aromatic heterocycles. The molecule has 0 atom stereocenters. The standard InChI is InChI=1S/C5H9O2.Fe.Li/c1-5(2,3)7-4-6;;/h1-3H3;;/q-1;;+1. The van der Waals surface area contributed by atoms with Gasteiger partial charge in [0, 0.05) is 17.1 Å². The van der Waals surface area contributed by atoms with Crippen LogP contribution < -0.4 is 18.9 Å². The van der Waals surface area contributed by atoms with Crippen LogP contribution in [0.25, 0.3) is 0 Å². The first kappa shape index (κ1) is 16.3. The Kier molecular flexibility index (Phi) is 12.1. The van der Waals surface area contributed by atoms with Gasteiger partial charge in [-0.2, -0.15) is 0 Å². The fourth-order valence-corrected chi connectivity index (χ4v) is 0.125. The second kappa shape index (κ2) is 6.70. The molecule has 9 heavy (non-hydrogen) atoms. The Morgan fingerprint density at radius 2 is 1.67 bits per heavy atom. The summed E-state index contributed by atoms with van der Waals surface area (Å²) in [5, 5.41) is 0. The van der Waals surface area contributed by atoms with Gasteiger partial charge in [-0.3, -0.25) is 0 Å². The summed E-state index contributed by atoms with van der Waals surface area (Å²) in [4.78, 5) is 9.47. The maximum Gasteiger partial charge on any atom is 1.00 e. The predicted octanol–water partition coefficient (Wildman–Crippen LogP) is -2.13. The number of hydrogen-bond acceptors (Lipinski definition) is 2. The van der Waals surface area contributed by atoms with Crippen molar-refractivity contribution in [2.45, 2.75) is 26.4 Å². The van der Waals surface area contributed by atoms with E-state index in [0.717, 1.165) is 0 Å². The molecule has 0 aromatic carbocycles. The van der Waals surface area contributed by atoms with E-state index in [1.54, 1.807) is 20.8 Å². The van der Waals surface area contributed by atoms with Gasteiger partial charge in [-0.15, -0.1) is 0 Å². The molecule has 0 aliphatic rings. The fraction of sp³-hybridized carbons (Fsp3) is 0.800. The van der Waals surface area contributed by atoms with Crippen molar-refractivity contribution in [1.29, 1.82) is 0 Å². The van der Waals surface area contributed by atoms with Crippen LogP contribution in [0.1, 0.15) is 20.8 Å². The van der Waals surface area contributed by atoms with Crippen LogP contribution in [0, 0.1) is 0 Å². The zero-order valence-electron chi connectivity index (χ0n) is 6.17. The number of ether oxygens (including phenoxy) is 1. The molecule has 0 spiro atoms. The average Bonchev–Trinajstić information content (AvgIpc) is 1.30. The molecular weight excluding hydrogens is 155 g/mol. The van der Waals surface area contributed by atoms with E-state index in [0.29, 0.717) is 0 Å². The van der Waals surface area contributed by atoms with E-state index in [1.807, 2.05) is 0 Å². The number of hydrogen-bond donors (Lipinski definition) is 0. The molecule has 0 N–H and O–H groups in total. The number of carbonyl (C=O) groups excluding carboxylic acids is 1. The Bertz CT molecular complexity index is 69.8. The molecule has 0 unspecified atom stereocenters. The van der Waals surface area contributed by atoms with Crippen molar-refractivity contribution in [3.05, 3.63) is 0 Å². The predicted molar refractivity (Wildman–Crippen MR) is 26.5 cm³/mol. The van der Waals surface area contributed by atoms with E-state index in [2.05, 4.69) is 4.74 Å². The molecule has 0 fully saturated rings. The third-order valence-corrected chi connectivity index (χ3v) is 0.348. The Morgan fingerprint density at radius 1 is 1.33 bits per heavy atom. The van der Waals surface area contributed by atoms with Crippen molar-refractivity contribution < 1.29 is 45.5 Å². The molecule has 2 nitrogen and oxygen atoms in total. The van der Waals surface area contributed by atoms with Crippen molar-refractivity contribution in [3.8, 4) is 0 Å². The smallest absolute Gasteiger partial charge is 0.649 e. The van der Waals surface area contributed by atoms with Gasteiger partial charge in [0.2, 0.25) is 0 Å². The molecule has 0 saturated carbocycles. The van der Waals surface area contributed by atoms with E-state index in [-0.39, 0.29) is 41.5 Å². The summed E-state index contributed by atoms with van der Waals surface area (Å²) in [6.45, 7) is 6.73. The van der Waals surface area contributed by atoms with Gasteiger partial charge >= 0.3 is 18.9 Å². The van der Waals surface area contributed by atoms with E-state index in [4.69, 9.17) is 0 Å². The Labute approximate surface area is 78.4 Å². The van der Waals surface area contributed by atoms with Gasteiger partial charge in [-0.05, 0) is 20.8 Å². The third kappa shape index (κ3) is 17.7. The largest absolute Gasteiger partial charge is 1.00 e. The molecule has 0 aliphatic heterocycles. The van der Waals surface area contributed by atoms with E-state index in [1.165, 1.54) is 6.47 Å². The van der Waals surface area contributed by atoms with Crippen LogP contribution in [0.3, 0.4) is 0 Å². The van der Waals surface area contributed by atoms with Gasteiger partial charge in [0.1, 0.15) is 0 Å². The quantitative estimate of drug-likeness (QED) is 0.327. The van der Waals surface area contributed by atoms with Gasteiger partial charge in [0.05, 0.1) is 5.60 Å². The maximum absolute atomic E-state index is 9.47. The van der Waals surface area contributed by atoms with Gasteiger partial charge in [-0.25, -0.2) is 0 Å². The topological polar surface area (TPSA) is 26.3 Å². The van der Waals surface area contributed by atoms with Crippen LogP contribution in [0.5, 0.6) is 0 Å². The molecule has 0 heterocycles. The summed E-state index contributed by atoms with van der Waals surface area (Å²) < 4.78 is 4.42. The molecule has 0 saturated heterocycles. The molecule has 50 valence electrons. The molecule has 4 heteroatoms. The first-order valence-electron chi connectivity index (χ1n) is 2.11. The first-order valence-corrected chi connectivity index (χ1v) is 2.11. The van der Waals surface area contributed by atoms with Crippen molar-refractivity contribution >= 4 is 6.47 Å². The Balaban J connectivity index is -0.000000180. The first-order chi connectivity index (χ1) is 3.06. The minimum atomic E-state index is -0.373. The molecule has 0 aromatic rings. The maximum atomic E-state index is 9.47. The average molecular weight is 164 g/mol. The van der Waals surface area contributed by atoms with Crippen LogP contribution in [0.2, 0.25) is 0 Å². The summed E-state index contributed by atoms with van der Waals surface area (Å²) >= 11 is 0. The summed E-state index contributed by atoms with van der Waals surface area (Å²) in [5.41, 5.74) is -0.373. The summed E-state index contributed by atoms with van der Waals surface area (Å²) in [7, 11) is 0. The third-order valence-electron chi connectivity index (χ3n) is 0.348. The normalized spacial score (nSPS) is 8.33. The molecule has 0 radical (unpaired) electrons. The van der Waals surface area contributed by atoms with Crippen molar-refractivity contribution in [2.24, 2.45) is 0 Å². The van der Waals surface area contributed by atoms with E-state index in [9.17, 15) is 4.79 Å². The van der Waals surface area contributed by atoms with E-state index >= 15 is 0 Å². The molecule has 0 amide bonds. The van der Waals surface area contributed by atoms with Crippen LogP contribution in [0.15, 0.2) is 0 Å². The number of rotatable bonds is 1. The van der Waals surface area contributed by atoms with Crippen LogP contribution in [-0.2, 0) is 26.6 Å². The molecular formula is C5H9FeLiO2. The zero-order valence-corrected chi connectivity index (χ0v) is 7.27. The summed E-state index contributed by atoms with van der Waals surface area (Å²) in [5.74, 6) is 0. The summed E-state index contributed by atoms with van der Waals surface area (Å²) in [6, 6.07) is 0. The second-order valence-electron chi connectivity index (χ2n) is 2.30. The van der Waals surface area contributed by atoms with Gasteiger partial charge in [-0.1, -0.05) is 6.47 Å². The Hall–Kier alpha value is 0.587. The minimum absolute atomic E-state index is 0. The fourth-order valence-electron chi connectivity index (χ4n) is 0.125. The van der Waals surface area contributed by atoms with Crippen LogP contribution in [-0.4, -0.2) is 12.1 Å². The van der Waals surface area contributed by atoms with Crippen molar-refractivity contribution in [2.75, 3.05) is 0 Å². The van der Waals surface area contributed by atoms with Crippen molar-refractivity contribution in [1.82, 2.24) is 0 Å². The van der Waals surface area contributed by atoms with E-state index < -0.39 is 0 Å². The monoisotopic (exact) mass is 164 g/mol. The van der Waals surface area contributed by atoms with Crippen LogP contribution in [0.4, 0.5) is 0 Å². The van der Waals surface area contributed by atoms with Crippen molar-refractivity contribution in [3.63, 3.8) is 0 Å². The zero-order chi connectivity index (χ0) is 5.91. The van der Waals surface area contributed by atoms with Gasteiger partial charge in [0.15, 0.2) is 0 Å². The van der Waals surface area contributed by atoms with Gasteiger partial charge in [0.25, 0.3) is 0 Å². The summed E-state index contributed by atoms with van der Waals surface area (Å²) in [6.07, 6.45) is 0. The molecule has 0 bridgehead atoms. The minimum Gasteiger partial charge on any atom is -0.649 e. The molecule has 0 aliphatic carbocycles. The Morgan fingerprint density at radius 3 is 1.67 bits per heavy atom. The second-order valence-corrected chi connectivity index (χ2v) is 2.30. The SMILES string of the molecule is CC(C)(C)O[C-]=O.[Fe].[Li+]. The van der Waals surface area contributed by atoms with Gasteiger partial charge < -0.3 is 9.53 Å². The van der Waals surface area contributed by atoms with Crippen LogP contribution >= 0.6 is 0 Å².